The lowest BCUT2D eigenvalue weighted by atomic mass is 9.98. The molecule has 1 atom stereocenters. The summed E-state index contributed by atoms with van der Waals surface area (Å²) in [7, 11) is 0. The Morgan fingerprint density at radius 3 is 2.70 bits per heavy atom. The monoisotopic (exact) mass is 292 g/mol. The van der Waals surface area contributed by atoms with Gasteiger partial charge in [-0.25, -0.2) is 4.98 Å². The molecule has 0 amide bonds. The lowest BCUT2D eigenvalue weighted by Gasteiger charge is -2.22. The molecule has 0 saturated carbocycles. The van der Waals surface area contributed by atoms with Gasteiger partial charge in [-0.15, -0.1) is 12.4 Å². The van der Waals surface area contributed by atoms with Gasteiger partial charge >= 0.3 is 5.97 Å². The first-order valence-electron chi connectivity index (χ1n) is 6.49. The zero-order valence-corrected chi connectivity index (χ0v) is 12.1. The average Bonchev–Trinajstić information content (AvgIpc) is 2.82. The molecule has 106 valence electrons. The third-order valence-corrected chi connectivity index (χ3v) is 3.75. The summed E-state index contributed by atoms with van der Waals surface area (Å²) >= 11 is 0. The maximum Gasteiger partial charge on any atom is 0.308 e. The number of aryl methyl sites for hydroxylation is 2. The molecule has 4 nitrogen and oxygen atoms in total. The Hall–Kier alpha value is -1.81. The number of fused-ring (bicyclic) bond motifs is 1. The highest BCUT2D eigenvalue weighted by Crippen LogP contribution is 2.27. The van der Waals surface area contributed by atoms with Gasteiger partial charge in [0, 0.05) is 24.0 Å². The Balaban J connectivity index is 0.00000147. The Morgan fingerprint density at radius 1 is 1.35 bits per heavy atom. The van der Waals surface area contributed by atoms with E-state index in [4.69, 9.17) is 5.11 Å². The van der Waals surface area contributed by atoms with Crippen LogP contribution in [-0.2, 0) is 17.8 Å². The summed E-state index contributed by atoms with van der Waals surface area (Å²) in [6.07, 6.45) is 3.36. The molecule has 2 heterocycles. The second-order valence-electron chi connectivity index (χ2n) is 5.12. The first-order chi connectivity index (χ1) is 9.15. The van der Waals surface area contributed by atoms with Crippen LogP contribution in [0, 0.1) is 12.8 Å². The van der Waals surface area contributed by atoms with Crippen molar-refractivity contribution < 1.29 is 9.90 Å². The molecule has 1 aliphatic heterocycles. The van der Waals surface area contributed by atoms with E-state index >= 15 is 0 Å². The molecule has 3 rings (SSSR count). The van der Waals surface area contributed by atoms with E-state index in [0.717, 1.165) is 23.5 Å². The van der Waals surface area contributed by atoms with Crippen molar-refractivity contribution in [3.05, 3.63) is 41.7 Å². The molecule has 1 N–H and O–H groups in total. The minimum atomic E-state index is -0.714. The lowest BCUT2D eigenvalue weighted by molar-refractivity contribution is -0.142. The second-order valence-corrected chi connectivity index (χ2v) is 5.12. The normalized spacial score (nSPS) is 17.1. The summed E-state index contributed by atoms with van der Waals surface area (Å²) in [5.74, 6) is -0.138. The van der Waals surface area contributed by atoms with E-state index in [1.807, 2.05) is 29.8 Å². The van der Waals surface area contributed by atoms with Gasteiger partial charge in [0.25, 0.3) is 0 Å². The van der Waals surface area contributed by atoms with Gasteiger partial charge in [0.15, 0.2) is 0 Å². The van der Waals surface area contributed by atoms with Crippen LogP contribution in [0.2, 0.25) is 0 Å². The molecule has 0 saturated heterocycles. The Bertz CT molecular complexity index is 619. The van der Waals surface area contributed by atoms with Gasteiger partial charge < -0.3 is 9.67 Å². The maximum absolute atomic E-state index is 11.1. The number of carbonyl (C=O) groups is 1. The van der Waals surface area contributed by atoms with Crippen molar-refractivity contribution in [1.29, 1.82) is 0 Å². The maximum atomic E-state index is 11.1. The number of rotatable bonds is 2. The molecule has 1 aromatic carbocycles. The van der Waals surface area contributed by atoms with Gasteiger partial charge in [0.05, 0.1) is 5.92 Å². The quantitative estimate of drug-likeness (QED) is 0.926. The topological polar surface area (TPSA) is 55.1 Å². The van der Waals surface area contributed by atoms with Crippen LogP contribution in [0.1, 0.15) is 17.7 Å². The van der Waals surface area contributed by atoms with Crippen molar-refractivity contribution in [3.8, 4) is 11.4 Å². The van der Waals surface area contributed by atoms with E-state index in [-0.39, 0.29) is 18.3 Å². The highest BCUT2D eigenvalue weighted by atomic mass is 35.5. The molecule has 5 heteroatoms. The van der Waals surface area contributed by atoms with Crippen molar-refractivity contribution in [1.82, 2.24) is 9.55 Å². The number of hydrogen-bond acceptors (Lipinski definition) is 2. The first kappa shape index (κ1) is 14.6. The molecule has 0 spiro atoms. The smallest absolute Gasteiger partial charge is 0.308 e. The van der Waals surface area contributed by atoms with Crippen molar-refractivity contribution in [2.24, 2.45) is 5.92 Å². The SMILES string of the molecule is Cc1ccc(-c2ncc3n2CC(C(=O)O)CC3)cc1.Cl. The molecular weight excluding hydrogens is 276 g/mol. The van der Waals surface area contributed by atoms with E-state index in [2.05, 4.69) is 17.1 Å². The van der Waals surface area contributed by atoms with Gasteiger partial charge in [-0.1, -0.05) is 29.8 Å². The molecule has 0 bridgehead atoms. The number of benzene rings is 1. The number of aliphatic carboxylic acids is 1. The van der Waals surface area contributed by atoms with Crippen LogP contribution in [0.25, 0.3) is 11.4 Å². The Labute approximate surface area is 123 Å². The van der Waals surface area contributed by atoms with E-state index in [1.165, 1.54) is 5.56 Å². The van der Waals surface area contributed by atoms with Crippen molar-refractivity contribution in [3.63, 3.8) is 0 Å². The molecule has 2 aromatic rings. The van der Waals surface area contributed by atoms with Crippen LogP contribution in [0.4, 0.5) is 0 Å². The van der Waals surface area contributed by atoms with Crippen molar-refractivity contribution >= 4 is 18.4 Å². The Morgan fingerprint density at radius 2 is 2.05 bits per heavy atom. The highest BCUT2D eigenvalue weighted by molar-refractivity contribution is 5.85. The van der Waals surface area contributed by atoms with Crippen LogP contribution in [-0.4, -0.2) is 20.6 Å². The van der Waals surface area contributed by atoms with Gasteiger partial charge in [0.1, 0.15) is 5.82 Å². The number of carboxylic acids is 1. The lowest BCUT2D eigenvalue weighted by Crippen LogP contribution is -2.26. The molecule has 0 fully saturated rings. The molecule has 0 aliphatic carbocycles. The summed E-state index contributed by atoms with van der Waals surface area (Å²) in [5.41, 5.74) is 3.38. The minimum Gasteiger partial charge on any atom is -0.481 e. The summed E-state index contributed by atoms with van der Waals surface area (Å²) in [6.45, 7) is 2.57. The number of hydrogen-bond donors (Lipinski definition) is 1. The largest absolute Gasteiger partial charge is 0.481 e. The molecular formula is C15H17ClN2O2. The number of imidazole rings is 1. The van der Waals surface area contributed by atoms with Gasteiger partial charge in [-0.3, -0.25) is 4.79 Å². The fraction of sp³-hybridized carbons (Fsp3) is 0.333. The van der Waals surface area contributed by atoms with Gasteiger partial charge in [-0.05, 0) is 19.8 Å². The number of aromatic nitrogens is 2. The molecule has 1 aromatic heterocycles. The Kier molecular flexibility index (Phi) is 4.14. The molecule has 0 radical (unpaired) electrons. The fourth-order valence-electron chi connectivity index (χ4n) is 2.58. The van der Waals surface area contributed by atoms with E-state index in [0.29, 0.717) is 13.0 Å². The first-order valence-corrected chi connectivity index (χ1v) is 6.49. The third-order valence-electron chi connectivity index (χ3n) is 3.75. The zero-order chi connectivity index (χ0) is 13.4. The minimum absolute atomic E-state index is 0. The average molecular weight is 293 g/mol. The second kappa shape index (κ2) is 5.67. The van der Waals surface area contributed by atoms with Crippen LogP contribution >= 0.6 is 12.4 Å². The molecule has 20 heavy (non-hydrogen) atoms. The molecule has 1 unspecified atom stereocenters. The van der Waals surface area contributed by atoms with Crippen LogP contribution < -0.4 is 0 Å². The van der Waals surface area contributed by atoms with E-state index < -0.39 is 5.97 Å². The van der Waals surface area contributed by atoms with Crippen LogP contribution in [0.5, 0.6) is 0 Å². The number of nitrogens with zero attached hydrogens (tertiary/aromatic N) is 2. The van der Waals surface area contributed by atoms with Crippen molar-refractivity contribution in [2.45, 2.75) is 26.3 Å². The third kappa shape index (κ3) is 2.56. The summed E-state index contributed by atoms with van der Waals surface area (Å²) in [4.78, 5) is 15.6. The summed E-state index contributed by atoms with van der Waals surface area (Å²) < 4.78 is 2.05. The standard InChI is InChI=1S/C15H16N2O2.ClH/c1-10-2-4-11(5-3-10)14-16-8-13-7-6-12(15(18)19)9-17(13)14;/h2-5,8,12H,6-7,9H2,1H3,(H,18,19);1H. The zero-order valence-electron chi connectivity index (χ0n) is 11.2. The van der Waals surface area contributed by atoms with Crippen molar-refractivity contribution in [2.75, 3.05) is 0 Å². The highest BCUT2D eigenvalue weighted by Gasteiger charge is 2.26. The number of carboxylic acid groups (broad SMARTS) is 1. The predicted octanol–water partition coefficient (Wildman–Crippen LogP) is 2.93. The van der Waals surface area contributed by atoms with Gasteiger partial charge in [0.2, 0.25) is 0 Å². The molecule has 1 aliphatic rings. The number of halogens is 1. The summed E-state index contributed by atoms with van der Waals surface area (Å²) in [6, 6.07) is 8.17. The fourth-order valence-corrected chi connectivity index (χ4v) is 2.58. The van der Waals surface area contributed by atoms with Gasteiger partial charge in [-0.2, -0.15) is 0 Å². The predicted molar refractivity (Wildman–Crippen MR) is 79.1 cm³/mol. The van der Waals surface area contributed by atoms with Crippen LogP contribution in [0.3, 0.4) is 0 Å². The van der Waals surface area contributed by atoms with Crippen LogP contribution in [0.15, 0.2) is 30.5 Å². The summed E-state index contributed by atoms with van der Waals surface area (Å²) in [5, 5.41) is 9.17. The van der Waals surface area contributed by atoms with E-state index in [9.17, 15) is 4.79 Å². The van der Waals surface area contributed by atoms with E-state index in [1.54, 1.807) is 0 Å².